The molecular weight excluding hydrogens is 262 g/mol. The summed E-state index contributed by atoms with van der Waals surface area (Å²) in [5.74, 6) is -0.699. The van der Waals surface area contributed by atoms with Gasteiger partial charge in [0.2, 0.25) is 0 Å². The van der Waals surface area contributed by atoms with Crippen molar-refractivity contribution in [1.29, 1.82) is 0 Å². The number of benzene rings is 1. The Morgan fingerprint density at radius 3 is 2.61 bits per heavy atom. The van der Waals surface area contributed by atoms with Crippen molar-refractivity contribution in [3.8, 4) is 5.75 Å². The third kappa shape index (κ3) is 3.33. The van der Waals surface area contributed by atoms with E-state index >= 15 is 0 Å². The summed E-state index contributed by atoms with van der Waals surface area (Å²) in [6.45, 7) is 2.97. The van der Waals surface area contributed by atoms with E-state index in [9.17, 15) is 14.9 Å². The van der Waals surface area contributed by atoms with Gasteiger partial charge >= 0.3 is 5.97 Å². The van der Waals surface area contributed by atoms with Crippen molar-refractivity contribution in [2.75, 3.05) is 6.61 Å². The lowest BCUT2D eigenvalue weighted by Gasteiger charge is -2.19. The minimum absolute atomic E-state index is 0.0503. The number of nitrogens with zero attached hydrogens (tertiary/aromatic N) is 1. The molecule has 0 saturated carbocycles. The number of nitro benzene ring substituents is 1. The number of hydrogen-bond donors (Lipinski definition) is 1. The van der Waals surface area contributed by atoms with Gasteiger partial charge in [-0.3, -0.25) is 14.9 Å². The lowest BCUT2D eigenvalue weighted by molar-refractivity contribution is -0.384. The number of carboxylic acids is 1. The first-order valence-corrected chi connectivity index (χ1v) is 5.42. The van der Waals surface area contributed by atoms with Gasteiger partial charge in [-0.15, -0.1) is 0 Å². The highest BCUT2D eigenvalue weighted by Gasteiger charge is 2.28. The van der Waals surface area contributed by atoms with Gasteiger partial charge in [-0.25, -0.2) is 0 Å². The molecule has 0 heterocycles. The van der Waals surface area contributed by atoms with Gasteiger partial charge in [-0.2, -0.15) is 0 Å². The van der Waals surface area contributed by atoms with Gasteiger partial charge in [-0.05, 0) is 19.9 Å². The largest absolute Gasteiger partial charge is 0.492 e. The van der Waals surface area contributed by atoms with Crippen LogP contribution in [0.25, 0.3) is 0 Å². The van der Waals surface area contributed by atoms with Crippen LogP contribution in [0, 0.1) is 15.5 Å². The van der Waals surface area contributed by atoms with Crippen molar-refractivity contribution < 1.29 is 19.6 Å². The number of nitro groups is 1. The maximum absolute atomic E-state index is 10.9. The standard InChI is InChI=1S/C11H12ClNO5/c1-11(2,10(14)15)6-18-7-3-4-9(13(16)17)8(12)5-7/h3-5H,6H2,1-2H3,(H,14,15). The molecule has 0 spiro atoms. The van der Waals surface area contributed by atoms with Crippen LogP contribution in [0.4, 0.5) is 5.69 Å². The van der Waals surface area contributed by atoms with E-state index in [4.69, 9.17) is 21.4 Å². The average molecular weight is 274 g/mol. The maximum Gasteiger partial charge on any atom is 0.312 e. The van der Waals surface area contributed by atoms with E-state index in [2.05, 4.69) is 0 Å². The Bertz CT molecular complexity index is 486. The summed E-state index contributed by atoms with van der Waals surface area (Å²) in [7, 11) is 0. The second-order valence-electron chi connectivity index (χ2n) is 4.35. The number of carboxylic acid groups (broad SMARTS) is 1. The van der Waals surface area contributed by atoms with Crippen LogP contribution in [0.3, 0.4) is 0 Å². The highest BCUT2D eigenvalue weighted by Crippen LogP contribution is 2.29. The Kier molecular flexibility index (Phi) is 4.13. The third-order valence-electron chi connectivity index (χ3n) is 2.29. The first-order chi connectivity index (χ1) is 8.24. The maximum atomic E-state index is 10.9. The summed E-state index contributed by atoms with van der Waals surface area (Å²) < 4.78 is 5.26. The molecule has 0 aromatic heterocycles. The molecular formula is C11H12ClNO5. The van der Waals surface area contributed by atoms with Crippen LogP contribution >= 0.6 is 11.6 Å². The fourth-order valence-electron chi connectivity index (χ4n) is 1.05. The molecule has 0 unspecified atom stereocenters. The Balaban J connectivity index is 2.79. The van der Waals surface area contributed by atoms with Gasteiger partial charge in [0.15, 0.2) is 0 Å². The molecule has 7 heteroatoms. The highest BCUT2D eigenvalue weighted by molar-refractivity contribution is 6.32. The first kappa shape index (κ1) is 14.2. The minimum atomic E-state index is -1.05. The number of hydrogen-bond acceptors (Lipinski definition) is 4. The van der Waals surface area contributed by atoms with E-state index in [1.807, 2.05) is 0 Å². The van der Waals surface area contributed by atoms with E-state index < -0.39 is 16.3 Å². The predicted octanol–water partition coefficient (Wildman–Crippen LogP) is 2.74. The van der Waals surface area contributed by atoms with Crippen molar-refractivity contribution >= 4 is 23.3 Å². The van der Waals surface area contributed by atoms with Gasteiger partial charge in [0.1, 0.15) is 17.4 Å². The zero-order valence-electron chi connectivity index (χ0n) is 9.84. The zero-order valence-corrected chi connectivity index (χ0v) is 10.6. The summed E-state index contributed by atoms with van der Waals surface area (Å²) in [5, 5.41) is 19.4. The van der Waals surface area contributed by atoms with Crippen LogP contribution in [0.15, 0.2) is 18.2 Å². The summed E-state index contributed by atoms with van der Waals surface area (Å²) in [6.07, 6.45) is 0. The molecule has 1 N–H and O–H groups in total. The van der Waals surface area contributed by atoms with Gasteiger partial charge in [0.05, 0.1) is 10.3 Å². The summed E-state index contributed by atoms with van der Waals surface area (Å²) in [5.41, 5.74) is -1.27. The van der Waals surface area contributed by atoms with Gasteiger partial charge in [0.25, 0.3) is 5.69 Å². The number of carbonyl (C=O) groups is 1. The monoisotopic (exact) mass is 273 g/mol. The van der Waals surface area contributed by atoms with E-state index in [1.54, 1.807) is 0 Å². The normalized spacial score (nSPS) is 11.1. The third-order valence-corrected chi connectivity index (χ3v) is 2.60. The van der Waals surface area contributed by atoms with Gasteiger partial charge < -0.3 is 9.84 Å². The highest BCUT2D eigenvalue weighted by atomic mass is 35.5. The first-order valence-electron chi connectivity index (χ1n) is 5.04. The molecule has 0 aliphatic heterocycles. The molecule has 1 aromatic carbocycles. The molecule has 0 atom stereocenters. The SMILES string of the molecule is CC(C)(COc1ccc([N+](=O)[O-])c(Cl)c1)C(=O)O. The number of halogens is 1. The molecule has 6 nitrogen and oxygen atoms in total. The number of ether oxygens (including phenoxy) is 1. The molecule has 1 aromatic rings. The summed E-state index contributed by atoms with van der Waals surface area (Å²) in [6, 6.07) is 3.88. The lowest BCUT2D eigenvalue weighted by atomic mass is 9.95. The topological polar surface area (TPSA) is 89.7 Å². The predicted molar refractivity (Wildman–Crippen MR) is 65.0 cm³/mol. The molecule has 0 fully saturated rings. The molecule has 1 rings (SSSR count). The second kappa shape index (κ2) is 5.22. The van der Waals surface area contributed by atoms with Crippen LogP contribution < -0.4 is 4.74 Å². The number of rotatable bonds is 5. The second-order valence-corrected chi connectivity index (χ2v) is 4.76. The number of aliphatic carboxylic acids is 1. The fourth-order valence-corrected chi connectivity index (χ4v) is 1.29. The molecule has 0 bridgehead atoms. The van der Waals surface area contributed by atoms with E-state index in [0.29, 0.717) is 5.75 Å². The van der Waals surface area contributed by atoms with Crippen LogP contribution in [0.5, 0.6) is 5.75 Å². The van der Waals surface area contributed by atoms with Crippen LogP contribution in [0.1, 0.15) is 13.8 Å². The summed E-state index contributed by atoms with van der Waals surface area (Å²) >= 11 is 5.70. The van der Waals surface area contributed by atoms with E-state index in [0.717, 1.165) is 0 Å². The smallest absolute Gasteiger partial charge is 0.312 e. The fraction of sp³-hybridized carbons (Fsp3) is 0.364. The molecule has 0 amide bonds. The van der Waals surface area contributed by atoms with Crippen LogP contribution in [-0.4, -0.2) is 22.6 Å². The Morgan fingerprint density at radius 2 is 2.17 bits per heavy atom. The average Bonchev–Trinajstić information content (AvgIpc) is 2.25. The van der Waals surface area contributed by atoms with Crippen LogP contribution in [-0.2, 0) is 4.79 Å². The van der Waals surface area contributed by atoms with Crippen molar-refractivity contribution in [3.63, 3.8) is 0 Å². The molecule has 0 aliphatic rings. The van der Waals surface area contributed by atoms with Gasteiger partial charge in [0, 0.05) is 12.1 Å². The Morgan fingerprint density at radius 1 is 1.56 bits per heavy atom. The molecule has 0 saturated heterocycles. The Labute approximate surface area is 108 Å². The van der Waals surface area contributed by atoms with Crippen molar-refractivity contribution in [1.82, 2.24) is 0 Å². The molecule has 98 valence electrons. The zero-order chi connectivity index (χ0) is 13.9. The van der Waals surface area contributed by atoms with Crippen molar-refractivity contribution in [3.05, 3.63) is 33.3 Å². The van der Waals surface area contributed by atoms with Gasteiger partial charge in [-0.1, -0.05) is 11.6 Å². The van der Waals surface area contributed by atoms with Crippen molar-refractivity contribution in [2.24, 2.45) is 5.41 Å². The van der Waals surface area contributed by atoms with E-state index in [1.165, 1.54) is 32.0 Å². The van der Waals surface area contributed by atoms with Crippen molar-refractivity contribution in [2.45, 2.75) is 13.8 Å². The van der Waals surface area contributed by atoms with E-state index in [-0.39, 0.29) is 17.3 Å². The quantitative estimate of drug-likeness (QED) is 0.658. The molecule has 0 radical (unpaired) electrons. The molecule has 18 heavy (non-hydrogen) atoms. The minimum Gasteiger partial charge on any atom is -0.492 e. The van der Waals surface area contributed by atoms with Crippen LogP contribution in [0.2, 0.25) is 5.02 Å². The Hall–Kier alpha value is -1.82. The summed E-state index contributed by atoms with van der Waals surface area (Å²) in [4.78, 5) is 20.8. The lowest BCUT2D eigenvalue weighted by Crippen LogP contribution is -2.30. The molecule has 0 aliphatic carbocycles.